The van der Waals surface area contributed by atoms with Crippen LogP contribution in [0, 0.1) is 10.1 Å². The molecule has 5 aromatic rings. The molecule has 190 valence electrons. The molecule has 7 nitrogen and oxygen atoms in total. The highest BCUT2D eigenvalue weighted by molar-refractivity contribution is 6.19. The van der Waals surface area contributed by atoms with E-state index < -0.39 is 16.6 Å². The fraction of sp³-hybridized carbons (Fsp3) is 0.167. The maximum absolute atomic E-state index is 13.9. The first kappa shape index (κ1) is 24.0. The number of nitrogens with one attached hydrogen (secondary N) is 1. The van der Waals surface area contributed by atoms with Gasteiger partial charge in [-0.15, -0.1) is 11.6 Å². The van der Waals surface area contributed by atoms with E-state index in [2.05, 4.69) is 4.98 Å². The molecule has 0 aliphatic heterocycles. The number of nitrogens with zero attached hydrogens (tertiary/aromatic N) is 1. The third-order valence-corrected chi connectivity index (χ3v) is 7.87. The first-order valence-electron chi connectivity index (χ1n) is 12.2. The van der Waals surface area contributed by atoms with Crippen molar-refractivity contribution in [1.82, 2.24) is 4.98 Å². The third kappa shape index (κ3) is 3.78. The molecule has 0 radical (unpaired) electrons. The molecule has 38 heavy (non-hydrogen) atoms. The number of alkyl halides is 1. The monoisotopic (exact) mass is 526 g/mol. The molecule has 1 aliphatic rings. The van der Waals surface area contributed by atoms with Crippen LogP contribution in [-0.4, -0.2) is 33.8 Å². The molecule has 6 rings (SSSR count). The number of halogens is 1. The predicted molar refractivity (Wildman–Crippen MR) is 148 cm³/mol. The van der Waals surface area contributed by atoms with E-state index in [0.717, 1.165) is 38.4 Å². The Morgan fingerprint density at radius 3 is 2.63 bits per heavy atom. The first-order chi connectivity index (χ1) is 18.4. The number of aromatic nitrogens is 1. The number of ether oxygens (including phenoxy) is 1. The van der Waals surface area contributed by atoms with Crippen LogP contribution < -0.4 is 4.74 Å². The number of methoxy groups -OCH3 is 1. The average molecular weight is 527 g/mol. The Morgan fingerprint density at radius 1 is 1.11 bits per heavy atom. The zero-order valence-corrected chi connectivity index (χ0v) is 21.2. The van der Waals surface area contributed by atoms with E-state index in [9.17, 15) is 20.0 Å². The summed E-state index contributed by atoms with van der Waals surface area (Å²) in [5.74, 6) is 0.205. The molecular weight excluding hydrogens is 504 g/mol. The molecule has 0 saturated heterocycles. The fourth-order valence-electron chi connectivity index (χ4n) is 5.72. The summed E-state index contributed by atoms with van der Waals surface area (Å²) in [7, 11) is 1.60. The van der Waals surface area contributed by atoms with E-state index in [0.29, 0.717) is 29.3 Å². The summed E-state index contributed by atoms with van der Waals surface area (Å²) in [6.45, 7) is 0. The van der Waals surface area contributed by atoms with Crippen LogP contribution in [0.3, 0.4) is 0 Å². The summed E-state index contributed by atoms with van der Waals surface area (Å²) >= 11 is 6.44. The molecule has 2 N–H and O–H groups in total. The molecule has 4 aromatic carbocycles. The maximum Gasteiger partial charge on any atom is 0.311 e. The highest BCUT2D eigenvalue weighted by atomic mass is 35.5. The van der Waals surface area contributed by atoms with Crippen molar-refractivity contribution in [2.24, 2.45) is 0 Å². The number of ketones is 1. The summed E-state index contributed by atoms with van der Waals surface area (Å²) < 4.78 is 5.32. The molecule has 1 aliphatic carbocycles. The number of rotatable bonds is 6. The van der Waals surface area contributed by atoms with Gasteiger partial charge in [-0.25, -0.2) is 0 Å². The molecule has 0 amide bonds. The standard InChI is InChI=1S/C30H23ClN2O5/c1-38-19-7-8-25-17(10-19)12-26(32-25)30(35)24-11-18(15-31)29-21-5-3-2-4-20(21)22(14-23(24)29)16-6-9-28(34)27(13-16)33(36)37/h2-10,12-14,18,24,32,34H,11,15H2,1H3. The summed E-state index contributed by atoms with van der Waals surface area (Å²) in [5, 5.41) is 24.3. The number of phenolic OH excluding ortho intramolecular Hbond substituents is 1. The lowest BCUT2D eigenvalue weighted by Gasteiger charge is -2.16. The van der Waals surface area contributed by atoms with Crippen molar-refractivity contribution in [3.8, 4) is 22.6 Å². The molecule has 0 bridgehead atoms. The van der Waals surface area contributed by atoms with Gasteiger partial charge in [0, 0.05) is 28.8 Å². The number of Topliss-reactive ketones (excluding diaryl/α,β-unsaturated/α-hetero) is 1. The van der Waals surface area contributed by atoms with E-state index in [4.69, 9.17) is 16.3 Å². The molecule has 0 saturated carbocycles. The predicted octanol–water partition coefficient (Wildman–Crippen LogP) is 7.30. The highest BCUT2D eigenvalue weighted by Gasteiger charge is 2.38. The Bertz CT molecular complexity index is 1760. The Hall–Kier alpha value is -4.36. The quantitative estimate of drug-likeness (QED) is 0.104. The van der Waals surface area contributed by atoms with Gasteiger partial charge >= 0.3 is 5.69 Å². The van der Waals surface area contributed by atoms with Gasteiger partial charge in [0.1, 0.15) is 5.75 Å². The molecule has 0 fully saturated rings. The van der Waals surface area contributed by atoms with Crippen LogP contribution in [0.5, 0.6) is 11.5 Å². The number of hydrogen-bond donors (Lipinski definition) is 2. The SMILES string of the molecule is COc1ccc2[nH]c(C(=O)C3CC(CCl)c4c3cc(-c3ccc(O)c([N+](=O)[O-])c3)c3ccccc43)cc2c1. The molecule has 8 heteroatoms. The van der Waals surface area contributed by atoms with Crippen LogP contribution in [0.2, 0.25) is 0 Å². The number of carbonyl (C=O) groups excluding carboxylic acids is 1. The number of H-pyrrole nitrogens is 1. The average Bonchev–Trinajstić information content (AvgIpc) is 3.53. The largest absolute Gasteiger partial charge is 0.502 e. The van der Waals surface area contributed by atoms with Crippen LogP contribution >= 0.6 is 11.6 Å². The van der Waals surface area contributed by atoms with Crippen molar-refractivity contribution >= 4 is 44.7 Å². The van der Waals surface area contributed by atoms with Gasteiger partial charge in [-0.3, -0.25) is 14.9 Å². The van der Waals surface area contributed by atoms with Gasteiger partial charge in [0.05, 0.1) is 17.7 Å². The van der Waals surface area contributed by atoms with E-state index in [1.165, 1.54) is 12.1 Å². The smallest absolute Gasteiger partial charge is 0.311 e. The van der Waals surface area contributed by atoms with Gasteiger partial charge in [-0.2, -0.15) is 0 Å². The molecular formula is C30H23ClN2O5. The van der Waals surface area contributed by atoms with Crippen LogP contribution in [-0.2, 0) is 0 Å². The molecule has 2 atom stereocenters. The van der Waals surface area contributed by atoms with Crippen LogP contribution in [0.1, 0.15) is 39.9 Å². The number of carbonyl (C=O) groups is 1. The summed E-state index contributed by atoms with van der Waals surface area (Å²) in [6, 6.07) is 21.6. The van der Waals surface area contributed by atoms with Gasteiger partial charge in [0.25, 0.3) is 0 Å². The number of benzene rings is 4. The molecule has 2 unspecified atom stereocenters. The van der Waals surface area contributed by atoms with Crippen molar-refractivity contribution in [3.05, 3.63) is 99.7 Å². The maximum atomic E-state index is 13.9. The minimum absolute atomic E-state index is 0.0156. The van der Waals surface area contributed by atoms with Crippen molar-refractivity contribution in [1.29, 1.82) is 0 Å². The molecule has 1 heterocycles. The zero-order chi connectivity index (χ0) is 26.6. The summed E-state index contributed by atoms with van der Waals surface area (Å²) in [5.41, 5.74) is 4.26. The normalized spacial score (nSPS) is 16.6. The van der Waals surface area contributed by atoms with Gasteiger partial charge in [-0.05, 0) is 81.8 Å². The minimum atomic E-state index is -0.602. The van der Waals surface area contributed by atoms with E-state index in [1.54, 1.807) is 13.2 Å². The number of fused-ring (bicyclic) bond motifs is 4. The number of hydrogen-bond acceptors (Lipinski definition) is 5. The van der Waals surface area contributed by atoms with Crippen molar-refractivity contribution in [2.75, 3.05) is 13.0 Å². The lowest BCUT2D eigenvalue weighted by molar-refractivity contribution is -0.385. The summed E-state index contributed by atoms with van der Waals surface area (Å²) in [4.78, 5) is 28.1. The second-order valence-electron chi connectivity index (χ2n) is 9.57. The fourth-order valence-corrected chi connectivity index (χ4v) is 6.00. The number of aromatic hydroxyl groups is 1. The second kappa shape index (κ2) is 9.19. The van der Waals surface area contributed by atoms with E-state index >= 15 is 0 Å². The number of aromatic amines is 1. The lowest BCUT2D eigenvalue weighted by Crippen LogP contribution is -2.11. The van der Waals surface area contributed by atoms with Gasteiger partial charge in [0.15, 0.2) is 11.5 Å². The van der Waals surface area contributed by atoms with Gasteiger partial charge < -0.3 is 14.8 Å². The first-order valence-corrected chi connectivity index (χ1v) is 12.7. The van der Waals surface area contributed by atoms with Crippen LogP contribution in [0.25, 0.3) is 32.8 Å². The third-order valence-electron chi connectivity index (χ3n) is 7.50. The number of phenols is 1. The topological polar surface area (TPSA) is 105 Å². The van der Waals surface area contributed by atoms with Crippen molar-refractivity contribution < 1.29 is 19.6 Å². The Labute approximate surface area is 222 Å². The Balaban J connectivity index is 1.53. The van der Waals surface area contributed by atoms with Crippen molar-refractivity contribution in [2.45, 2.75) is 18.3 Å². The Kier molecular flexibility index (Phi) is 5.80. The number of nitro benzene ring substituents is 1. The van der Waals surface area contributed by atoms with Gasteiger partial charge in [0.2, 0.25) is 0 Å². The highest BCUT2D eigenvalue weighted by Crippen LogP contribution is 2.50. The van der Waals surface area contributed by atoms with Crippen molar-refractivity contribution in [3.63, 3.8) is 0 Å². The zero-order valence-electron chi connectivity index (χ0n) is 20.4. The Morgan fingerprint density at radius 2 is 1.89 bits per heavy atom. The van der Waals surface area contributed by atoms with E-state index in [1.807, 2.05) is 54.6 Å². The number of nitro groups is 1. The van der Waals surface area contributed by atoms with Crippen LogP contribution in [0.4, 0.5) is 5.69 Å². The van der Waals surface area contributed by atoms with Gasteiger partial charge in [-0.1, -0.05) is 30.3 Å². The molecule has 0 spiro atoms. The second-order valence-corrected chi connectivity index (χ2v) is 9.88. The van der Waals surface area contributed by atoms with E-state index in [-0.39, 0.29) is 17.4 Å². The minimum Gasteiger partial charge on any atom is -0.502 e. The lowest BCUT2D eigenvalue weighted by atomic mass is 9.87. The van der Waals surface area contributed by atoms with Crippen LogP contribution in [0.15, 0.2) is 72.8 Å². The summed E-state index contributed by atoms with van der Waals surface area (Å²) in [6.07, 6.45) is 0.569. The molecule has 1 aromatic heterocycles.